The molecular weight excluding hydrogens is 278 g/mol. The van der Waals surface area contributed by atoms with Gasteiger partial charge in [-0.25, -0.2) is 4.79 Å². The molecule has 14 heavy (non-hydrogen) atoms. The van der Waals surface area contributed by atoms with Crippen LogP contribution in [-0.2, 0) is 24.3 Å². The van der Waals surface area contributed by atoms with E-state index in [1.54, 1.807) is 0 Å². The Morgan fingerprint density at radius 1 is 0.929 bits per heavy atom. The molecule has 0 aliphatic carbocycles. The average molecular weight is 279 g/mol. The normalized spacial score (nSPS) is 13.4. The van der Waals surface area contributed by atoms with Crippen LogP contribution in [0, 0.1) is 0 Å². The van der Waals surface area contributed by atoms with Crippen molar-refractivity contribution in [1.82, 2.24) is 0 Å². The van der Waals surface area contributed by atoms with E-state index in [0.29, 0.717) is 0 Å². The molecule has 2 nitrogen and oxygen atoms in total. The Morgan fingerprint density at radius 3 is 1.29 bits per heavy atom. The van der Waals surface area contributed by atoms with Crippen LogP contribution in [0.25, 0.3) is 0 Å². The van der Waals surface area contributed by atoms with E-state index in [1.165, 1.54) is 0 Å². The van der Waals surface area contributed by atoms with Gasteiger partial charge < -0.3 is 5.11 Å². The first-order valence-corrected chi connectivity index (χ1v) is 2.50. The third-order valence-electron chi connectivity index (χ3n) is 1.02. The minimum Gasteiger partial charge on any atom is -0.477 e. The van der Waals surface area contributed by atoms with Crippen LogP contribution in [-0.4, -0.2) is 29.1 Å². The molecule has 0 unspecified atom stereocenters. The van der Waals surface area contributed by atoms with Gasteiger partial charge >= 0.3 is 24.0 Å². The first kappa shape index (κ1) is 16.0. The van der Waals surface area contributed by atoms with Gasteiger partial charge in [0.1, 0.15) is 0 Å². The molecular formula is C4HF7O2Zn. The van der Waals surface area contributed by atoms with Crippen LogP contribution < -0.4 is 0 Å². The van der Waals surface area contributed by atoms with Crippen LogP contribution in [0.4, 0.5) is 30.7 Å². The fourth-order valence-corrected chi connectivity index (χ4v) is 0.312. The quantitative estimate of drug-likeness (QED) is 0.619. The average Bonchev–Trinajstić information content (AvgIpc) is 1.84. The van der Waals surface area contributed by atoms with Crippen molar-refractivity contribution in [2.24, 2.45) is 0 Å². The number of carbonyl (C=O) groups is 1. The Kier molecular flexibility index (Phi) is 4.58. The number of halogens is 7. The van der Waals surface area contributed by atoms with Crippen molar-refractivity contribution in [2.75, 3.05) is 0 Å². The van der Waals surface area contributed by atoms with Crippen LogP contribution in [0.2, 0.25) is 0 Å². The number of carboxylic acids is 1. The van der Waals surface area contributed by atoms with Gasteiger partial charge in [-0.2, -0.15) is 30.7 Å². The minimum atomic E-state index is -6.60. The van der Waals surface area contributed by atoms with Crippen molar-refractivity contribution < 1.29 is 60.1 Å². The molecule has 0 rings (SSSR count). The monoisotopic (exact) mass is 278 g/mol. The molecule has 0 heterocycles. The van der Waals surface area contributed by atoms with Gasteiger partial charge in [0.15, 0.2) is 0 Å². The molecule has 0 amide bonds. The largest absolute Gasteiger partial charge is 0.477 e. The zero-order valence-electron chi connectivity index (χ0n) is 6.21. The third-order valence-corrected chi connectivity index (χ3v) is 1.02. The van der Waals surface area contributed by atoms with E-state index < -0.39 is 24.0 Å². The number of hydrogen-bond donors (Lipinski definition) is 1. The van der Waals surface area contributed by atoms with E-state index in [-0.39, 0.29) is 19.5 Å². The van der Waals surface area contributed by atoms with Crippen molar-refractivity contribution in [3.8, 4) is 0 Å². The van der Waals surface area contributed by atoms with Gasteiger partial charge in [0, 0.05) is 19.5 Å². The molecule has 0 aliphatic heterocycles. The van der Waals surface area contributed by atoms with Crippen LogP contribution in [0.5, 0.6) is 0 Å². The Morgan fingerprint density at radius 2 is 1.21 bits per heavy atom. The summed E-state index contributed by atoms with van der Waals surface area (Å²) in [5, 5.41) is 7.41. The van der Waals surface area contributed by atoms with Gasteiger partial charge in [-0.15, -0.1) is 0 Å². The van der Waals surface area contributed by atoms with Crippen LogP contribution in [0.1, 0.15) is 0 Å². The van der Waals surface area contributed by atoms with E-state index in [0.717, 1.165) is 0 Å². The van der Waals surface area contributed by atoms with Crippen molar-refractivity contribution >= 4 is 5.97 Å². The summed E-state index contributed by atoms with van der Waals surface area (Å²) in [6, 6.07) is 0. The van der Waals surface area contributed by atoms with Gasteiger partial charge in [-0.1, -0.05) is 0 Å². The molecule has 0 aromatic carbocycles. The van der Waals surface area contributed by atoms with Crippen LogP contribution >= 0.6 is 0 Å². The first-order chi connectivity index (χ1) is 5.44. The smallest absolute Gasteiger partial charge is 0.460 e. The Bertz CT molecular complexity index is 222. The molecule has 0 atom stereocenters. The van der Waals surface area contributed by atoms with E-state index in [2.05, 4.69) is 0 Å². The summed E-state index contributed by atoms with van der Waals surface area (Å²) in [6.07, 6.45) is -6.60. The van der Waals surface area contributed by atoms with Crippen molar-refractivity contribution in [3.05, 3.63) is 0 Å². The van der Waals surface area contributed by atoms with Crippen molar-refractivity contribution in [2.45, 2.75) is 18.0 Å². The summed E-state index contributed by atoms with van der Waals surface area (Å²) in [4.78, 5) is 9.38. The van der Waals surface area contributed by atoms with E-state index in [9.17, 15) is 35.5 Å². The molecule has 0 aliphatic rings. The third kappa shape index (κ3) is 2.34. The topological polar surface area (TPSA) is 37.3 Å². The summed E-state index contributed by atoms with van der Waals surface area (Å²) in [5.41, 5.74) is 0. The summed E-state index contributed by atoms with van der Waals surface area (Å²) in [5.74, 6) is -16.3. The zero-order chi connectivity index (χ0) is 11.1. The van der Waals surface area contributed by atoms with Crippen LogP contribution in [0.3, 0.4) is 0 Å². The number of rotatable bonds is 2. The standard InChI is InChI=1S/C4HF7O2.Zn/c5-2(6,1(12)13)3(7,8)4(9,10)11;/h(H,12,13);. The van der Waals surface area contributed by atoms with Crippen molar-refractivity contribution in [3.63, 3.8) is 0 Å². The zero-order valence-corrected chi connectivity index (χ0v) is 9.18. The molecule has 0 bridgehead atoms. The second kappa shape index (κ2) is 4.00. The molecule has 0 saturated carbocycles. The predicted octanol–water partition coefficient (Wildman–Crippen LogP) is 1.90. The maximum absolute atomic E-state index is 11.8. The van der Waals surface area contributed by atoms with E-state index in [4.69, 9.17) is 5.11 Å². The van der Waals surface area contributed by atoms with Gasteiger partial charge in [-0.3, -0.25) is 0 Å². The molecule has 1 N–H and O–H groups in total. The van der Waals surface area contributed by atoms with Gasteiger partial charge in [0.05, 0.1) is 0 Å². The number of hydrogen-bond acceptors (Lipinski definition) is 1. The SMILES string of the molecule is O=C(O)C(F)(F)C(F)(F)C(F)(F)F.[Zn]. The molecule has 10 heteroatoms. The van der Waals surface area contributed by atoms with E-state index in [1.807, 2.05) is 0 Å². The van der Waals surface area contributed by atoms with Gasteiger partial charge in [0.2, 0.25) is 0 Å². The second-order valence-electron chi connectivity index (χ2n) is 1.95. The number of carboxylic acid groups (broad SMARTS) is 1. The summed E-state index contributed by atoms with van der Waals surface area (Å²) in [7, 11) is 0. The molecule has 80 valence electrons. The molecule has 0 radical (unpaired) electrons. The second-order valence-corrected chi connectivity index (χ2v) is 1.95. The van der Waals surface area contributed by atoms with Gasteiger partial charge in [0.25, 0.3) is 0 Å². The fraction of sp³-hybridized carbons (Fsp3) is 0.750. The Hall–Kier alpha value is -0.397. The molecule has 0 saturated heterocycles. The molecule has 0 aromatic rings. The predicted molar refractivity (Wildman–Crippen MR) is 23.6 cm³/mol. The summed E-state index contributed by atoms with van der Waals surface area (Å²) >= 11 is 0. The minimum absolute atomic E-state index is 0. The molecule has 0 spiro atoms. The van der Waals surface area contributed by atoms with Crippen molar-refractivity contribution in [1.29, 1.82) is 0 Å². The summed E-state index contributed by atoms with van der Waals surface area (Å²) in [6.45, 7) is 0. The first-order valence-electron chi connectivity index (χ1n) is 2.50. The number of alkyl halides is 7. The Labute approximate surface area is 84.8 Å². The number of aliphatic carboxylic acids is 1. The fourth-order valence-electron chi connectivity index (χ4n) is 0.312. The van der Waals surface area contributed by atoms with E-state index >= 15 is 0 Å². The maximum Gasteiger partial charge on any atom is 0.460 e. The van der Waals surface area contributed by atoms with Gasteiger partial charge in [-0.05, 0) is 0 Å². The van der Waals surface area contributed by atoms with Crippen LogP contribution in [0.15, 0.2) is 0 Å². The summed E-state index contributed by atoms with van der Waals surface area (Å²) < 4.78 is 80.5. The Balaban J connectivity index is 0. The maximum atomic E-state index is 11.8. The molecule has 0 aromatic heterocycles. The molecule has 0 fully saturated rings.